The van der Waals surface area contributed by atoms with Gasteiger partial charge in [0.2, 0.25) is 11.4 Å². The predicted molar refractivity (Wildman–Crippen MR) is 222 cm³/mol. The Morgan fingerprint density at radius 2 is 1.16 bits per heavy atom. The van der Waals surface area contributed by atoms with Gasteiger partial charge >= 0.3 is 29.4 Å². The van der Waals surface area contributed by atoms with E-state index in [0.717, 1.165) is 75.6 Å². The smallest absolute Gasteiger partial charge is 0.410 e. The number of hydrogen-bond acceptors (Lipinski definition) is 16. The molecule has 5 aliphatic rings. The third-order valence-corrected chi connectivity index (χ3v) is 12.1. The molecule has 0 spiro atoms. The molecule has 4 aliphatic heterocycles. The number of carbonyl (C=O) groups excluding carboxylic acids is 1. The van der Waals surface area contributed by atoms with E-state index >= 15 is 0 Å². The van der Waals surface area contributed by atoms with E-state index in [1.165, 1.54) is 12.1 Å². The van der Waals surface area contributed by atoms with Gasteiger partial charge in [0, 0.05) is 62.0 Å². The quantitative estimate of drug-likeness (QED) is 0.155. The fourth-order valence-electron chi connectivity index (χ4n) is 9.40. The summed E-state index contributed by atoms with van der Waals surface area (Å²) in [7, 11) is 0. The van der Waals surface area contributed by atoms with Gasteiger partial charge in [-0.3, -0.25) is 19.6 Å². The summed E-state index contributed by atoms with van der Waals surface area (Å²) in [5.74, 6) is 0.710. The van der Waals surface area contributed by atoms with Crippen molar-refractivity contribution < 1.29 is 32.8 Å². The first-order chi connectivity index (χ1) is 29.5. The molecule has 19 nitrogen and oxygen atoms in total. The fourth-order valence-corrected chi connectivity index (χ4v) is 9.40. The van der Waals surface area contributed by atoms with Crippen LogP contribution in [0.5, 0.6) is 12.0 Å². The van der Waals surface area contributed by atoms with Crippen LogP contribution in [0.15, 0.2) is 62.9 Å². The first kappa shape index (κ1) is 41.5. The lowest BCUT2D eigenvalue weighted by atomic mass is 10.0. The lowest BCUT2D eigenvalue weighted by molar-refractivity contribution is 0.0496. The Bertz CT molecular complexity index is 2590. The van der Waals surface area contributed by atoms with Crippen LogP contribution in [-0.4, -0.2) is 84.1 Å². The number of nitrogens with one attached hydrogen (secondary N) is 2. The number of oxime groups is 2. The highest BCUT2D eigenvalue weighted by Gasteiger charge is 2.44. The van der Waals surface area contributed by atoms with Crippen molar-refractivity contribution in [3.8, 4) is 12.0 Å². The molecule has 4 unspecified atom stereocenters. The highest BCUT2D eigenvalue weighted by atomic mass is 16.6. The maximum atomic E-state index is 12.7. The molecule has 4 bridgehead atoms. The van der Waals surface area contributed by atoms with Crippen LogP contribution in [0.25, 0.3) is 22.2 Å². The van der Waals surface area contributed by atoms with E-state index < -0.39 is 22.4 Å². The van der Waals surface area contributed by atoms with Gasteiger partial charge in [-0.1, -0.05) is 24.2 Å². The Morgan fingerprint density at radius 1 is 0.721 bits per heavy atom. The summed E-state index contributed by atoms with van der Waals surface area (Å²) in [6.45, 7) is 10.3. The minimum Gasteiger partial charge on any atom is -0.480 e. The lowest BCUT2D eigenvalue weighted by Crippen LogP contribution is -2.47. The van der Waals surface area contributed by atoms with E-state index in [4.69, 9.17) is 28.0 Å². The summed E-state index contributed by atoms with van der Waals surface area (Å²) in [6, 6.07) is 3.01. The molecule has 61 heavy (non-hydrogen) atoms. The number of amides is 1. The van der Waals surface area contributed by atoms with Crippen LogP contribution in [0, 0.1) is 0 Å². The van der Waals surface area contributed by atoms with Crippen molar-refractivity contribution >= 4 is 39.7 Å². The van der Waals surface area contributed by atoms with Gasteiger partial charge in [0.15, 0.2) is 5.88 Å². The van der Waals surface area contributed by atoms with Crippen LogP contribution in [0.4, 0.5) is 4.79 Å². The zero-order valence-corrected chi connectivity index (χ0v) is 34.5. The van der Waals surface area contributed by atoms with Crippen LogP contribution >= 0.6 is 0 Å². The van der Waals surface area contributed by atoms with E-state index in [9.17, 15) is 24.0 Å². The topological polar surface area (TPSA) is 237 Å². The Morgan fingerprint density at radius 3 is 1.59 bits per heavy atom. The van der Waals surface area contributed by atoms with Crippen molar-refractivity contribution in [2.75, 3.05) is 6.61 Å². The monoisotopic (exact) mass is 842 g/mol. The van der Waals surface area contributed by atoms with E-state index in [2.05, 4.69) is 41.7 Å². The average Bonchev–Trinajstić information content (AvgIpc) is 3.92. The number of aromatic amines is 2. The van der Waals surface area contributed by atoms with Gasteiger partial charge in [-0.2, -0.15) is 9.97 Å². The second-order valence-corrected chi connectivity index (χ2v) is 16.0. The van der Waals surface area contributed by atoms with Crippen molar-refractivity contribution in [1.29, 1.82) is 0 Å². The maximum Gasteiger partial charge on any atom is 0.410 e. The molecule has 1 aliphatic carbocycles. The van der Waals surface area contributed by atoms with Crippen molar-refractivity contribution in [2.45, 2.75) is 141 Å². The predicted octanol–water partition coefficient (Wildman–Crippen LogP) is 5.19. The Hall–Kier alpha value is -6.27. The zero-order valence-electron chi connectivity index (χ0n) is 34.5. The highest BCUT2D eigenvalue weighted by molar-refractivity contribution is 5.88. The largest absolute Gasteiger partial charge is 0.480 e. The number of piperidine rings is 2. The molecule has 8 heterocycles. The first-order valence-electron chi connectivity index (χ1n) is 21.2. The number of aryl methyl sites for hydroxylation is 2. The number of fused-ring (bicyclic) bond motifs is 6. The summed E-state index contributed by atoms with van der Waals surface area (Å²) in [4.78, 5) is 89.2. The van der Waals surface area contributed by atoms with E-state index in [1.54, 1.807) is 0 Å². The molecule has 0 radical (unpaired) electrons. The summed E-state index contributed by atoms with van der Waals surface area (Å²) in [5.41, 5.74) is 0.732. The molecule has 4 atom stereocenters. The third-order valence-electron chi connectivity index (χ3n) is 12.1. The minimum absolute atomic E-state index is 0.0405. The maximum absolute atomic E-state index is 12.7. The van der Waals surface area contributed by atoms with Crippen LogP contribution in [0.3, 0.4) is 0 Å². The van der Waals surface area contributed by atoms with Crippen molar-refractivity contribution in [2.24, 2.45) is 10.3 Å². The second kappa shape index (κ2) is 17.8. The van der Waals surface area contributed by atoms with E-state index in [0.29, 0.717) is 49.3 Å². The summed E-state index contributed by atoms with van der Waals surface area (Å²) in [5, 5.41) is 8.90. The van der Waals surface area contributed by atoms with Crippen LogP contribution < -0.4 is 32.0 Å². The van der Waals surface area contributed by atoms with Crippen LogP contribution in [-0.2, 0) is 22.3 Å². The molecule has 4 aromatic heterocycles. The zero-order chi connectivity index (χ0) is 42.8. The van der Waals surface area contributed by atoms with Gasteiger partial charge in [-0.25, -0.2) is 14.4 Å². The molecule has 4 saturated heterocycles. The van der Waals surface area contributed by atoms with Crippen LogP contribution in [0.2, 0.25) is 0 Å². The Kier molecular flexibility index (Phi) is 12.1. The molecule has 2 N–H and O–H groups in total. The fraction of sp³-hybridized carbons (Fsp3) is 0.548. The number of H-pyrrole nitrogens is 2. The standard InChI is InChI=1S/C22H26N4O6.C20H24N4O5/c1-2-12-9-17(27)31-20-18(12)19(28)23-21(24-20)32-25-13-10-14-7-8-15(11-13)26(14)22(29)30-16-5-3-4-6-16;1-4-12-8-16(25)28-19-17(12)18(26)21-20(22-19)29-23-13-9-14-6-7-15(10-13)24(14)11(3)27-5-2/h9,14-16H,2-8,10-11H2,1H3,(H,23,24,28);8,14-15H,3-7,9-10H2,1-2H3,(H,21,22,26). The number of hydrogen-bond donors (Lipinski definition) is 2. The summed E-state index contributed by atoms with van der Waals surface area (Å²) < 4.78 is 21.5. The number of ether oxygens (including phenoxy) is 2. The van der Waals surface area contributed by atoms with Gasteiger partial charge in [0.25, 0.3) is 11.1 Å². The summed E-state index contributed by atoms with van der Waals surface area (Å²) in [6.07, 6.45) is 11.5. The number of rotatable bonds is 10. The van der Waals surface area contributed by atoms with Gasteiger partial charge < -0.3 is 37.8 Å². The van der Waals surface area contributed by atoms with Gasteiger partial charge in [-0.15, -0.1) is 0 Å². The van der Waals surface area contributed by atoms with Gasteiger partial charge in [0.1, 0.15) is 16.9 Å². The highest BCUT2D eigenvalue weighted by Crippen LogP contribution is 2.38. The molecule has 1 amide bonds. The molecule has 19 heteroatoms. The normalized spacial score (nSPS) is 22.0. The van der Waals surface area contributed by atoms with Gasteiger partial charge in [-0.05, 0) is 88.8 Å². The molecular weight excluding hydrogens is 793 g/mol. The van der Waals surface area contributed by atoms with Crippen molar-refractivity contribution in [3.05, 3.63) is 77.3 Å². The van der Waals surface area contributed by atoms with Crippen molar-refractivity contribution in [1.82, 2.24) is 29.7 Å². The SMILES string of the molecule is C=C(OCC)N1C2CCC1CC(=NOc1nc3oc(=O)cc(CC)c3c(=O)[nH]1)C2.CCc1cc(=O)oc2nc(ON=C3CC4CCC(C3)N4C(=O)OC3CCCC3)[nH]c(=O)c12. The van der Waals surface area contributed by atoms with E-state index in [1.807, 2.05) is 25.7 Å². The number of nitrogens with zero attached hydrogens (tertiary/aromatic N) is 6. The molecule has 324 valence electrons. The number of carbonyl (C=O) groups is 1. The second-order valence-electron chi connectivity index (χ2n) is 16.0. The molecule has 0 aromatic carbocycles. The molecular formula is C42H50N8O11. The molecule has 4 aromatic rings. The molecule has 1 saturated carbocycles. The summed E-state index contributed by atoms with van der Waals surface area (Å²) >= 11 is 0. The Balaban J connectivity index is 0.000000169. The third kappa shape index (κ3) is 8.81. The van der Waals surface area contributed by atoms with Crippen LogP contribution in [0.1, 0.15) is 109 Å². The van der Waals surface area contributed by atoms with E-state index in [-0.39, 0.29) is 70.6 Å². The Labute approximate surface area is 348 Å². The average molecular weight is 843 g/mol. The first-order valence-corrected chi connectivity index (χ1v) is 21.2. The van der Waals surface area contributed by atoms with Gasteiger partial charge in [0.05, 0.1) is 18.0 Å². The molecule has 5 fully saturated rings. The number of aromatic nitrogens is 4. The van der Waals surface area contributed by atoms with Crippen molar-refractivity contribution in [3.63, 3.8) is 0 Å². The molecule has 9 rings (SSSR count). The lowest BCUT2D eigenvalue weighted by Gasteiger charge is -2.37. The minimum atomic E-state index is -0.571.